The van der Waals surface area contributed by atoms with Crippen LogP contribution < -0.4 is 10.6 Å². The molecule has 232 valence electrons. The molecule has 0 atom stereocenters. The Morgan fingerprint density at radius 3 is 1.10 bits per heavy atom. The van der Waals surface area contributed by atoms with Gasteiger partial charge in [0.2, 0.25) is 0 Å². The largest absolute Gasteiger partial charge is 0.356 e. The number of anilines is 4. The van der Waals surface area contributed by atoms with Crippen molar-refractivity contribution in [2.45, 2.75) is 13.8 Å². The molecule has 6 rings (SSSR count). The molecular weight excluding hydrogens is 585 g/mol. The number of nitrogens with zero attached hydrogens (tertiary/aromatic N) is 2. The van der Waals surface area contributed by atoms with Crippen molar-refractivity contribution >= 4 is 47.1 Å². The van der Waals surface area contributed by atoms with Gasteiger partial charge in [0.15, 0.2) is 0 Å². The minimum atomic E-state index is 0.665. The summed E-state index contributed by atoms with van der Waals surface area (Å²) in [6.07, 6.45) is 8.51. The van der Waals surface area contributed by atoms with Crippen molar-refractivity contribution in [3.63, 3.8) is 0 Å². The molecule has 0 aromatic heterocycles. The molecule has 6 aromatic carbocycles. The molecule has 0 saturated carbocycles. The van der Waals surface area contributed by atoms with Gasteiger partial charge in [0.05, 0.1) is 23.3 Å². The molecule has 6 aromatic rings. The molecule has 48 heavy (non-hydrogen) atoms. The Morgan fingerprint density at radius 1 is 0.417 bits per heavy atom. The van der Waals surface area contributed by atoms with Crippen LogP contribution in [0, 0.1) is 36.5 Å². The number of benzene rings is 6. The van der Waals surface area contributed by atoms with Crippen molar-refractivity contribution in [2.75, 3.05) is 10.6 Å². The van der Waals surface area contributed by atoms with Gasteiger partial charge in [0.1, 0.15) is 0 Å². The fraction of sp³-hybridized carbons (Fsp3) is 0.0455. The fourth-order valence-electron chi connectivity index (χ4n) is 4.97. The molecule has 0 fully saturated rings. The molecule has 0 heterocycles. The van der Waals surface area contributed by atoms with Gasteiger partial charge in [-0.3, -0.25) is 0 Å². The van der Waals surface area contributed by atoms with E-state index in [4.69, 9.17) is 10.5 Å². The zero-order valence-corrected chi connectivity index (χ0v) is 27.1. The van der Waals surface area contributed by atoms with Crippen LogP contribution in [0.15, 0.2) is 146 Å². The SMILES string of the molecule is Cc1cc(Nc2ccc(C#N)cc2)ccc1/C=C/c1ccccc1.Cc1cc(Nc2ccc(C#N)cc2)ccc1/C=C/c1ccccc1. The summed E-state index contributed by atoms with van der Waals surface area (Å²) in [7, 11) is 0. The predicted molar refractivity (Wildman–Crippen MR) is 202 cm³/mol. The average molecular weight is 621 g/mol. The van der Waals surface area contributed by atoms with E-state index >= 15 is 0 Å². The van der Waals surface area contributed by atoms with Crippen molar-refractivity contribution in [3.05, 3.63) is 190 Å². The third kappa shape index (κ3) is 9.69. The summed E-state index contributed by atoms with van der Waals surface area (Å²) >= 11 is 0. The van der Waals surface area contributed by atoms with Crippen molar-refractivity contribution in [2.24, 2.45) is 0 Å². The van der Waals surface area contributed by atoms with Gasteiger partial charge in [-0.25, -0.2) is 0 Å². The third-order valence-corrected chi connectivity index (χ3v) is 7.65. The van der Waals surface area contributed by atoms with E-state index in [1.165, 1.54) is 33.4 Å². The summed E-state index contributed by atoms with van der Waals surface area (Å²) in [5.74, 6) is 0. The highest BCUT2D eigenvalue weighted by molar-refractivity contribution is 5.74. The van der Waals surface area contributed by atoms with E-state index in [9.17, 15) is 0 Å². The number of nitriles is 2. The van der Waals surface area contributed by atoms with Gasteiger partial charge in [-0.15, -0.1) is 0 Å². The third-order valence-electron chi connectivity index (χ3n) is 7.65. The summed E-state index contributed by atoms with van der Waals surface area (Å²) in [6.45, 7) is 4.21. The monoisotopic (exact) mass is 620 g/mol. The van der Waals surface area contributed by atoms with E-state index in [-0.39, 0.29) is 0 Å². The van der Waals surface area contributed by atoms with Gasteiger partial charge in [0.25, 0.3) is 0 Å². The molecule has 0 aliphatic rings. The van der Waals surface area contributed by atoms with E-state index in [1.54, 1.807) is 0 Å². The van der Waals surface area contributed by atoms with Crippen molar-refractivity contribution in [3.8, 4) is 12.1 Å². The second kappa shape index (κ2) is 16.6. The van der Waals surface area contributed by atoms with Crippen LogP contribution in [0.25, 0.3) is 24.3 Å². The number of nitrogens with one attached hydrogen (secondary N) is 2. The van der Waals surface area contributed by atoms with E-state index in [2.05, 4.69) is 122 Å². The molecular formula is C44H36N4. The maximum atomic E-state index is 8.84. The Kier molecular flexibility index (Phi) is 11.3. The molecule has 0 radical (unpaired) electrons. The summed E-state index contributed by atoms with van der Waals surface area (Å²) in [5.41, 5.74) is 12.5. The summed E-state index contributed by atoms with van der Waals surface area (Å²) in [4.78, 5) is 0. The number of hydrogen-bond acceptors (Lipinski definition) is 4. The first-order valence-corrected chi connectivity index (χ1v) is 15.7. The predicted octanol–water partition coefficient (Wildman–Crippen LogP) is 11.6. The van der Waals surface area contributed by atoms with Crippen LogP contribution in [0.5, 0.6) is 0 Å². The first kappa shape index (κ1) is 32.8. The standard InChI is InChI=1S/2C22H18N2/c2*1-17-15-22(24-21-12-8-19(16-23)9-13-21)14-11-20(17)10-7-18-5-3-2-4-6-18/h2*2-15,24H,1H3/b2*10-7+. The number of aryl methyl sites for hydroxylation is 2. The second-order valence-corrected chi connectivity index (χ2v) is 11.3. The van der Waals surface area contributed by atoms with Crippen LogP contribution in [0.2, 0.25) is 0 Å². The summed E-state index contributed by atoms with van der Waals surface area (Å²) < 4.78 is 0. The van der Waals surface area contributed by atoms with Gasteiger partial charge in [-0.1, -0.05) is 97.1 Å². The van der Waals surface area contributed by atoms with Crippen molar-refractivity contribution < 1.29 is 0 Å². The highest BCUT2D eigenvalue weighted by Gasteiger charge is 2.01. The van der Waals surface area contributed by atoms with Crippen LogP contribution in [0.4, 0.5) is 22.7 Å². The highest BCUT2D eigenvalue weighted by Crippen LogP contribution is 2.23. The van der Waals surface area contributed by atoms with E-state index in [1.807, 2.05) is 84.9 Å². The Bertz CT molecular complexity index is 1930. The van der Waals surface area contributed by atoms with Crippen LogP contribution in [-0.2, 0) is 0 Å². The molecule has 4 heteroatoms. The average Bonchev–Trinajstić information content (AvgIpc) is 3.13. The van der Waals surface area contributed by atoms with Crippen LogP contribution in [-0.4, -0.2) is 0 Å². The molecule has 0 aliphatic carbocycles. The first-order valence-electron chi connectivity index (χ1n) is 15.7. The van der Waals surface area contributed by atoms with Crippen LogP contribution in [0.1, 0.15) is 44.5 Å². The van der Waals surface area contributed by atoms with Gasteiger partial charge in [0, 0.05) is 22.7 Å². The van der Waals surface area contributed by atoms with Gasteiger partial charge < -0.3 is 10.6 Å². The second-order valence-electron chi connectivity index (χ2n) is 11.3. The van der Waals surface area contributed by atoms with Crippen molar-refractivity contribution in [1.82, 2.24) is 0 Å². The smallest absolute Gasteiger partial charge is 0.0991 e. The molecule has 0 amide bonds. The number of rotatable bonds is 8. The highest BCUT2D eigenvalue weighted by atomic mass is 14.9. The fourth-order valence-corrected chi connectivity index (χ4v) is 4.97. The Balaban J connectivity index is 0.000000188. The topological polar surface area (TPSA) is 71.6 Å². The lowest BCUT2D eigenvalue weighted by molar-refractivity contribution is 1.42. The van der Waals surface area contributed by atoms with Crippen LogP contribution >= 0.6 is 0 Å². The zero-order valence-electron chi connectivity index (χ0n) is 27.1. The number of hydrogen-bond donors (Lipinski definition) is 2. The maximum absolute atomic E-state index is 8.84. The Labute approximate surface area is 283 Å². The molecule has 0 bridgehead atoms. The quantitative estimate of drug-likeness (QED) is 0.166. The van der Waals surface area contributed by atoms with Gasteiger partial charge in [-0.05, 0) is 120 Å². The molecule has 2 N–H and O–H groups in total. The van der Waals surface area contributed by atoms with Crippen LogP contribution in [0.3, 0.4) is 0 Å². The molecule has 4 nitrogen and oxygen atoms in total. The maximum Gasteiger partial charge on any atom is 0.0991 e. The summed E-state index contributed by atoms with van der Waals surface area (Å²) in [6, 6.07) is 52.3. The Hall–Kier alpha value is -6.62. The van der Waals surface area contributed by atoms with E-state index in [0.29, 0.717) is 11.1 Å². The lowest BCUT2D eigenvalue weighted by Crippen LogP contribution is -1.92. The minimum Gasteiger partial charge on any atom is -0.356 e. The first-order chi connectivity index (χ1) is 23.5. The Morgan fingerprint density at radius 2 is 0.771 bits per heavy atom. The normalized spacial score (nSPS) is 10.5. The summed E-state index contributed by atoms with van der Waals surface area (Å²) in [5, 5.41) is 24.4. The van der Waals surface area contributed by atoms with E-state index in [0.717, 1.165) is 22.7 Å². The minimum absolute atomic E-state index is 0.665. The lowest BCUT2D eigenvalue weighted by Gasteiger charge is -2.09. The zero-order chi connectivity index (χ0) is 33.6. The molecule has 0 aliphatic heterocycles. The van der Waals surface area contributed by atoms with E-state index < -0.39 is 0 Å². The van der Waals surface area contributed by atoms with Gasteiger partial charge in [-0.2, -0.15) is 10.5 Å². The molecule has 0 spiro atoms. The van der Waals surface area contributed by atoms with Gasteiger partial charge >= 0.3 is 0 Å². The lowest BCUT2D eigenvalue weighted by atomic mass is 10.1. The molecule has 0 unspecified atom stereocenters. The molecule has 0 saturated heterocycles. The van der Waals surface area contributed by atoms with Crippen molar-refractivity contribution in [1.29, 1.82) is 10.5 Å².